The molecule has 1 aliphatic rings. The van der Waals surface area contributed by atoms with Crippen LogP contribution in [0.5, 0.6) is 0 Å². The number of hydrogen-bond acceptors (Lipinski definition) is 0. The molecule has 0 aliphatic carbocycles. The molecule has 13 aromatic rings. The van der Waals surface area contributed by atoms with Gasteiger partial charge < -0.3 is 13.7 Å². The van der Waals surface area contributed by atoms with E-state index in [-0.39, 0.29) is 0 Å². The van der Waals surface area contributed by atoms with E-state index in [2.05, 4.69) is 250 Å². The maximum Gasteiger partial charge on any atom is 0.184 e. The zero-order valence-electron chi connectivity index (χ0n) is 34.9. The van der Waals surface area contributed by atoms with Crippen LogP contribution in [0.3, 0.4) is 0 Å². The van der Waals surface area contributed by atoms with E-state index in [4.69, 9.17) is 0 Å². The summed E-state index contributed by atoms with van der Waals surface area (Å²) in [7, 11) is -2.86. The minimum Gasteiger partial charge on any atom is -0.309 e. The summed E-state index contributed by atoms with van der Waals surface area (Å²) in [4.78, 5) is 0. The van der Waals surface area contributed by atoms with Crippen molar-refractivity contribution in [3.8, 4) is 28.2 Å². The molecule has 298 valence electrons. The average Bonchev–Trinajstić information content (AvgIpc) is 4.01. The number of para-hydroxylation sites is 5. The second kappa shape index (κ2) is 13.4. The summed E-state index contributed by atoms with van der Waals surface area (Å²) >= 11 is 0. The van der Waals surface area contributed by atoms with Gasteiger partial charge in [-0.15, -0.1) is 0 Å². The zero-order chi connectivity index (χ0) is 41.9. The molecule has 0 fully saturated rings. The minimum atomic E-state index is -2.86. The molecule has 4 heteroatoms. The predicted molar refractivity (Wildman–Crippen MR) is 272 cm³/mol. The van der Waals surface area contributed by atoms with E-state index in [1.807, 2.05) is 0 Å². The first-order valence-electron chi connectivity index (χ1n) is 22.2. The van der Waals surface area contributed by atoms with Crippen molar-refractivity contribution in [2.24, 2.45) is 0 Å². The molecule has 0 saturated carbocycles. The highest BCUT2D eigenvalue weighted by Gasteiger charge is 2.47. The molecule has 3 nitrogen and oxygen atoms in total. The standard InChI is InChI=1S/C60H39N3Si/c1-3-17-40(18-4-1)41-19-15-22-45(37-41)64(44-20-5-2-6-21-44)58-31-14-13-30-57(58)63-56-36-34-43(39-51(56)49-26-16-32-59(64)60(49)63)62-54-29-12-9-25-48(54)50-38-42(33-35-55(50)62)61-52-27-10-7-23-46(52)47-24-8-11-28-53(47)61/h1-39H. The third-order valence-electron chi connectivity index (χ3n) is 14.1. The van der Waals surface area contributed by atoms with Crippen molar-refractivity contribution in [1.29, 1.82) is 0 Å². The van der Waals surface area contributed by atoms with Crippen molar-refractivity contribution >= 4 is 94.2 Å². The van der Waals surface area contributed by atoms with Gasteiger partial charge in [0.25, 0.3) is 0 Å². The van der Waals surface area contributed by atoms with Crippen LogP contribution in [0.2, 0.25) is 0 Å². The van der Waals surface area contributed by atoms with Crippen molar-refractivity contribution in [2.75, 3.05) is 0 Å². The van der Waals surface area contributed by atoms with Crippen LogP contribution in [0, 0.1) is 0 Å². The van der Waals surface area contributed by atoms with Crippen LogP contribution >= 0.6 is 0 Å². The van der Waals surface area contributed by atoms with Crippen molar-refractivity contribution in [1.82, 2.24) is 13.7 Å². The van der Waals surface area contributed by atoms with Crippen LogP contribution < -0.4 is 20.7 Å². The lowest BCUT2D eigenvalue weighted by molar-refractivity contribution is 1.16. The van der Waals surface area contributed by atoms with Gasteiger partial charge in [-0.05, 0) is 92.5 Å². The van der Waals surface area contributed by atoms with Gasteiger partial charge in [0.1, 0.15) is 0 Å². The smallest absolute Gasteiger partial charge is 0.184 e. The molecule has 14 rings (SSSR count). The fraction of sp³-hybridized carbons (Fsp3) is 0. The third-order valence-corrected chi connectivity index (χ3v) is 18.9. The van der Waals surface area contributed by atoms with Gasteiger partial charge in [-0.1, -0.05) is 176 Å². The van der Waals surface area contributed by atoms with Gasteiger partial charge >= 0.3 is 0 Å². The molecule has 0 amide bonds. The maximum atomic E-state index is 2.57. The lowest BCUT2D eigenvalue weighted by Crippen LogP contribution is -2.76. The summed E-state index contributed by atoms with van der Waals surface area (Å²) in [6.45, 7) is 0. The summed E-state index contributed by atoms with van der Waals surface area (Å²) in [5, 5.41) is 13.2. The predicted octanol–water partition coefficient (Wildman–Crippen LogP) is 12.3. The summed E-state index contributed by atoms with van der Waals surface area (Å²) in [5.41, 5.74) is 13.4. The van der Waals surface area contributed by atoms with Crippen LogP contribution in [0.25, 0.3) is 93.6 Å². The zero-order valence-corrected chi connectivity index (χ0v) is 35.9. The Balaban J connectivity index is 1.02. The highest BCUT2D eigenvalue weighted by molar-refractivity contribution is 7.21. The Morgan fingerprint density at radius 3 is 1.39 bits per heavy atom. The topological polar surface area (TPSA) is 14.8 Å². The lowest BCUT2D eigenvalue weighted by atomic mass is 10.1. The Morgan fingerprint density at radius 1 is 0.266 bits per heavy atom. The van der Waals surface area contributed by atoms with Crippen LogP contribution in [-0.2, 0) is 0 Å². The maximum absolute atomic E-state index is 2.86. The van der Waals surface area contributed by atoms with Crippen LogP contribution in [0.1, 0.15) is 0 Å². The molecule has 4 heterocycles. The van der Waals surface area contributed by atoms with Crippen molar-refractivity contribution < 1.29 is 0 Å². The number of hydrogen-bond donors (Lipinski definition) is 0. The van der Waals surface area contributed by atoms with E-state index in [0.29, 0.717) is 0 Å². The molecule has 0 radical (unpaired) electrons. The first-order chi connectivity index (χ1) is 31.8. The summed E-state index contributed by atoms with van der Waals surface area (Å²) < 4.78 is 7.46. The molecule has 0 bridgehead atoms. The highest BCUT2D eigenvalue weighted by atomic mass is 28.3. The second-order valence-corrected chi connectivity index (χ2v) is 21.0. The number of nitrogens with zero attached hydrogens (tertiary/aromatic N) is 3. The van der Waals surface area contributed by atoms with Gasteiger partial charge in [0.2, 0.25) is 0 Å². The first kappa shape index (κ1) is 35.4. The molecule has 10 aromatic carbocycles. The summed E-state index contributed by atoms with van der Waals surface area (Å²) in [5.74, 6) is 0. The van der Waals surface area contributed by atoms with Crippen LogP contribution in [0.4, 0.5) is 0 Å². The van der Waals surface area contributed by atoms with Gasteiger partial charge in [0.05, 0.1) is 33.1 Å². The van der Waals surface area contributed by atoms with Crippen molar-refractivity contribution in [3.63, 3.8) is 0 Å². The molecule has 1 aliphatic heterocycles. The molecule has 1 unspecified atom stereocenters. The number of benzene rings is 10. The minimum absolute atomic E-state index is 1.16. The molecule has 0 spiro atoms. The van der Waals surface area contributed by atoms with Gasteiger partial charge in [-0.3, -0.25) is 0 Å². The SMILES string of the molecule is c1ccc(-c2cccc([Si]3(c4ccccc4)c4ccccc4-n4c5ccc(-n6c7ccccc7c7cc(-n8c9ccccc9c9ccccc98)ccc76)cc5c5cccc3c54)c2)cc1. The number of fused-ring (bicyclic) bond motifs is 11. The van der Waals surface area contributed by atoms with Gasteiger partial charge in [0.15, 0.2) is 8.07 Å². The Labute approximate surface area is 370 Å². The molecule has 3 aromatic heterocycles. The first-order valence-corrected chi connectivity index (χ1v) is 24.2. The van der Waals surface area contributed by atoms with E-state index in [0.717, 1.165) is 11.4 Å². The van der Waals surface area contributed by atoms with E-state index in [1.165, 1.54) is 103 Å². The van der Waals surface area contributed by atoms with E-state index >= 15 is 0 Å². The Bertz CT molecular complexity index is 3970. The Hall–Kier alpha value is -8.18. The fourth-order valence-corrected chi connectivity index (χ4v) is 16.6. The van der Waals surface area contributed by atoms with Crippen molar-refractivity contribution in [2.45, 2.75) is 0 Å². The molecule has 0 N–H and O–H groups in total. The van der Waals surface area contributed by atoms with Gasteiger partial charge in [0, 0.05) is 49.4 Å². The monoisotopic (exact) mass is 829 g/mol. The van der Waals surface area contributed by atoms with Crippen LogP contribution in [0.15, 0.2) is 237 Å². The Morgan fingerprint density at radius 2 is 0.719 bits per heavy atom. The molecular weight excluding hydrogens is 791 g/mol. The summed E-state index contributed by atoms with van der Waals surface area (Å²) in [6.07, 6.45) is 0. The lowest BCUT2D eigenvalue weighted by Gasteiger charge is -2.40. The fourth-order valence-electron chi connectivity index (χ4n) is 11.5. The largest absolute Gasteiger partial charge is 0.309 e. The number of rotatable bonds is 5. The van der Waals surface area contributed by atoms with E-state index in [1.54, 1.807) is 0 Å². The van der Waals surface area contributed by atoms with Gasteiger partial charge in [-0.2, -0.15) is 0 Å². The highest BCUT2D eigenvalue weighted by Crippen LogP contribution is 2.40. The second-order valence-electron chi connectivity index (χ2n) is 17.2. The van der Waals surface area contributed by atoms with Crippen LogP contribution in [-0.4, -0.2) is 21.8 Å². The molecule has 1 atom stereocenters. The van der Waals surface area contributed by atoms with E-state index < -0.39 is 8.07 Å². The molecular formula is C60H39N3Si. The summed E-state index contributed by atoms with van der Waals surface area (Å²) in [6, 6.07) is 88.5. The molecule has 0 saturated heterocycles. The normalized spacial score (nSPS) is 14.6. The average molecular weight is 830 g/mol. The molecule has 64 heavy (non-hydrogen) atoms. The quantitative estimate of drug-likeness (QED) is 0.154. The van der Waals surface area contributed by atoms with Crippen molar-refractivity contribution in [3.05, 3.63) is 237 Å². The number of aromatic nitrogens is 3. The third kappa shape index (κ3) is 4.75. The van der Waals surface area contributed by atoms with E-state index in [9.17, 15) is 0 Å². The van der Waals surface area contributed by atoms with Gasteiger partial charge in [-0.25, -0.2) is 0 Å². The Kier molecular flexibility index (Phi) is 7.42.